The molecule has 2 unspecified atom stereocenters. The van der Waals surface area contributed by atoms with Crippen LogP contribution in [-0.4, -0.2) is 20.2 Å². The van der Waals surface area contributed by atoms with Crippen molar-refractivity contribution in [2.75, 3.05) is 0 Å². The van der Waals surface area contributed by atoms with Crippen LogP contribution in [0.1, 0.15) is 51.5 Å². The van der Waals surface area contributed by atoms with Crippen molar-refractivity contribution in [1.82, 2.24) is 20.2 Å². The van der Waals surface area contributed by atoms with Gasteiger partial charge in [-0.3, -0.25) is 0 Å². The fourth-order valence-corrected chi connectivity index (χ4v) is 1.35. The first-order chi connectivity index (χ1) is 6.16. The van der Waals surface area contributed by atoms with Crippen molar-refractivity contribution in [3.8, 4) is 0 Å². The van der Waals surface area contributed by atoms with Gasteiger partial charge in [-0.2, -0.15) is 0 Å². The molecule has 0 amide bonds. The molecule has 0 aliphatic carbocycles. The number of hydrogen-bond acceptors (Lipinski definition) is 4. The highest BCUT2D eigenvalue weighted by atomic mass is 15.6. The molecular formula is C8H17N5. The van der Waals surface area contributed by atoms with Crippen LogP contribution in [0.15, 0.2) is 0 Å². The molecule has 1 heterocycles. The predicted octanol–water partition coefficient (Wildman–Crippen LogP) is 1.05. The third kappa shape index (κ3) is 2.24. The Balaban J connectivity index is 2.80. The highest BCUT2D eigenvalue weighted by Gasteiger charge is 2.14. The van der Waals surface area contributed by atoms with Crippen molar-refractivity contribution in [3.05, 3.63) is 5.82 Å². The topological polar surface area (TPSA) is 69.6 Å². The summed E-state index contributed by atoms with van der Waals surface area (Å²) in [6.45, 7) is 6.14. The number of tetrazole rings is 1. The van der Waals surface area contributed by atoms with E-state index in [0.29, 0.717) is 6.04 Å². The van der Waals surface area contributed by atoms with E-state index in [9.17, 15) is 0 Å². The summed E-state index contributed by atoms with van der Waals surface area (Å²) in [7, 11) is 0. The van der Waals surface area contributed by atoms with E-state index in [1.54, 1.807) is 0 Å². The zero-order valence-corrected chi connectivity index (χ0v) is 8.44. The molecule has 2 N–H and O–H groups in total. The maximum absolute atomic E-state index is 5.73. The third-order valence-electron chi connectivity index (χ3n) is 2.05. The van der Waals surface area contributed by atoms with E-state index in [-0.39, 0.29) is 6.04 Å². The van der Waals surface area contributed by atoms with Crippen molar-refractivity contribution in [2.24, 2.45) is 5.73 Å². The molecular weight excluding hydrogens is 166 g/mol. The van der Waals surface area contributed by atoms with Crippen molar-refractivity contribution >= 4 is 0 Å². The molecule has 0 aliphatic heterocycles. The maximum atomic E-state index is 5.73. The molecule has 0 spiro atoms. The lowest BCUT2D eigenvalue weighted by molar-refractivity contribution is 0.420. The van der Waals surface area contributed by atoms with E-state index in [1.807, 2.05) is 11.6 Å². The average Bonchev–Trinajstić information content (AvgIpc) is 2.52. The predicted molar refractivity (Wildman–Crippen MR) is 50.0 cm³/mol. The van der Waals surface area contributed by atoms with Crippen molar-refractivity contribution in [1.29, 1.82) is 0 Å². The van der Waals surface area contributed by atoms with Gasteiger partial charge in [-0.25, -0.2) is 4.68 Å². The summed E-state index contributed by atoms with van der Waals surface area (Å²) in [5.74, 6) is 0.765. The van der Waals surface area contributed by atoms with Gasteiger partial charge in [-0.15, -0.1) is 5.10 Å². The highest BCUT2D eigenvalue weighted by molar-refractivity contribution is 4.89. The van der Waals surface area contributed by atoms with Gasteiger partial charge in [0.05, 0.1) is 12.1 Å². The Morgan fingerprint density at radius 1 is 1.46 bits per heavy atom. The lowest BCUT2D eigenvalue weighted by Crippen LogP contribution is -2.17. The average molecular weight is 183 g/mol. The Labute approximate surface area is 78.3 Å². The van der Waals surface area contributed by atoms with Crippen molar-refractivity contribution in [3.63, 3.8) is 0 Å². The second-order valence-electron chi connectivity index (χ2n) is 3.41. The minimum absolute atomic E-state index is 0.102. The van der Waals surface area contributed by atoms with Gasteiger partial charge in [0, 0.05) is 0 Å². The van der Waals surface area contributed by atoms with Crippen molar-refractivity contribution < 1.29 is 0 Å². The summed E-state index contributed by atoms with van der Waals surface area (Å²) in [5, 5.41) is 11.5. The summed E-state index contributed by atoms with van der Waals surface area (Å²) < 4.78 is 1.81. The molecule has 74 valence electrons. The van der Waals surface area contributed by atoms with Gasteiger partial charge in [0.15, 0.2) is 5.82 Å². The molecule has 0 bridgehead atoms. The number of nitrogens with zero attached hydrogens (tertiary/aromatic N) is 4. The summed E-state index contributed by atoms with van der Waals surface area (Å²) >= 11 is 0. The van der Waals surface area contributed by atoms with Crippen LogP contribution in [0.3, 0.4) is 0 Å². The number of hydrogen-bond donors (Lipinski definition) is 1. The van der Waals surface area contributed by atoms with Crippen LogP contribution < -0.4 is 5.73 Å². The quantitative estimate of drug-likeness (QED) is 0.757. The van der Waals surface area contributed by atoms with Crippen molar-refractivity contribution in [2.45, 2.75) is 45.7 Å². The SMILES string of the molecule is CCCC(C)n1nnnc1C(C)N. The monoisotopic (exact) mass is 183 g/mol. The Morgan fingerprint density at radius 2 is 2.15 bits per heavy atom. The third-order valence-corrected chi connectivity index (χ3v) is 2.05. The molecule has 0 aliphatic rings. The highest BCUT2D eigenvalue weighted by Crippen LogP contribution is 2.15. The molecule has 0 saturated carbocycles. The minimum Gasteiger partial charge on any atom is -0.322 e. The lowest BCUT2D eigenvalue weighted by atomic mass is 10.2. The Bertz CT molecular complexity index is 255. The fourth-order valence-electron chi connectivity index (χ4n) is 1.35. The normalized spacial score (nSPS) is 15.7. The van der Waals surface area contributed by atoms with E-state index >= 15 is 0 Å². The molecule has 0 saturated heterocycles. The standard InChI is InChI=1S/C8H17N5/c1-4-5-6(2)13-8(7(3)9)10-11-12-13/h6-7H,4-5,9H2,1-3H3. The second kappa shape index (κ2) is 4.32. The molecule has 2 atom stereocenters. The summed E-state index contributed by atoms with van der Waals surface area (Å²) in [6.07, 6.45) is 2.20. The maximum Gasteiger partial charge on any atom is 0.167 e. The van der Waals surface area contributed by atoms with E-state index in [0.717, 1.165) is 18.7 Å². The number of rotatable bonds is 4. The molecule has 13 heavy (non-hydrogen) atoms. The van der Waals surface area contributed by atoms with Gasteiger partial charge in [0.2, 0.25) is 0 Å². The fraction of sp³-hybridized carbons (Fsp3) is 0.875. The summed E-state index contributed by atoms with van der Waals surface area (Å²) in [6, 6.07) is 0.232. The zero-order chi connectivity index (χ0) is 9.84. The van der Waals surface area contributed by atoms with E-state index < -0.39 is 0 Å². The van der Waals surface area contributed by atoms with Gasteiger partial charge in [0.1, 0.15) is 0 Å². The Hall–Kier alpha value is -0.970. The number of nitrogens with two attached hydrogens (primary N) is 1. The first-order valence-corrected chi connectivity index (χ1v) is 4.70. The summed E-state index contributed by atoms with van der Waals surface area (Å²) in [4.78, 5) is 0. The minimum atomic E-state index is -0.102. The number of aromatic nitrogens is 4. The van der Waals surface area contributed by atoms with E-state index in [4.69, 9.17) is 5.73 Å². The van der Waals surface area contributed by atoms with E-state index in [1.165, 1.54) is 0 Å². The van der Waals surface area contributed by atoms with Crippen LogP contribution in [0.2, 0.25) is 0 Å². The van der Waals surface area contributed by atoms with Crippen LogP contribution in [0.5, 0.6) is 0 Å². The van der Waals surface area contributed by atoms with Gasteiger partial charge in [-0.05, 0) is 30.7 Å². The molecule has 5 heteroatoms. The Kier molecular flexibility index (Phi) is 3.36. The molecule has 5 nitrogen and oxygen atoms in total. The van der Waals surface area contributed by atoms with Gasteiger partial charge >= 0.3 is 0 Å². The first-order valence-electron chi connectivity index (χ1n) is 4.70. The van der Waals surface area contributed by atoms with Crippen LogP contribution in [0.4, 0.5) is 0 Å². The smallest absolute Gasteiger partial charge is 0.167 e. The van der Waals surface area contributed by atoms with Gasteiger partial charge in [-0.1, -0.05) is 13.3 Å². The molecule has 1 rings (SSSR count). The van der Waals surface area contributed by atoms with Crippen LogP contribution in [0.25, 0.3) is 0 Å². The largest absolute Gasteiger partial charge is 0.322 e. The van der Waals surface area contributed by atoms with Crippen LogP contribution >= 0.6 is 0 Å². The molecule has 0 radical (unpaired) electrons. The van der Waals surface area contributed by atoms with Gasteiger partial charge in [0.25, 0.3) is 0 Å². The molecule has 1 aromatic rings. The second-order valence-corrected chi connectivity index (χ2v) is 3.41. The lowest BCUT2D eigenvalue weighted by Gasteiger charge is -2.13. The molecule has 1 aromatic heterocycles. The van der Waals surface area contributed by atoms with Gasteiger partial charge < -0.3 is 5.73 Å². The zero-order valence-electron chi connectivity index (χ0n) is 8.44. The van der Waals surface area contributed by atoms with E-state index in [2.05, 4.69) is 29.4 Å². The Morgan fingerprint density at radius 3 is 2.69 bits per heavy atom. The van der Waals surface area contributed by atoms with Crippen LogP contribution in [-0.2, 0) is 0 Å². The molecule has 0 aromatic carbocycles. The summed E-state index contributed by atoms with van der Waals surface area (Å²) in [5.41, 5.74) is 5.73. The first kappa shape index (κ1) is 10.1. The van der Waals surface area contributed by atoms with Crippen LogP contribution in [0, 0.1) is 0 Å². The molecule has 0 fully saturated rings.